The Morgan fingerprint density at radius 1 is 1.50 bits per heavy atom. The smallest absolute Gasteiger partial charge is 0.323 e. The van der Waals surface area contributed by atoms with Crippen LogP contribution >= 0.6 is 0 Å². The van der Waals surface area contributed by atoms with E-state index in [9.17, 15) is 4.79 Å². The Kier molecular flexibility index (Phi) is 2.26. The van der Waals surface area contributed by atoms with Crippen molar-refractivity contribution in [3.63, 3.8) is 0 Å². The van der Waals surface area contributed by atoms with Crippen molar-refractivity contribution >= 4 is 23.0 Å². The van der Waals surface area contributed by atoms with Crippen LogP contribution in [-0.4, -0.2) is 41.4 Å². The Hall–Kier alpha value is -2.44. The highest BCUT2D eigenvalue weighted by Crippen LogP contribution is 2.35. The van der Waals surface area contributed by atoms with E-state index in [4.69, 9.17) is 14.6 Å². The summed E-state index contributed by atoms with van der Waals surface area (Å²) in [5.74, 6) is 0.906. The Bertz CT molecular complexity index is 581. The molecule has 3 rings (SSSR count). The maximum atomic E-state index is 10.6. The van der Waals surface area contributed by atoms with Crippen molar-refractivity contribution in [1.82, 2.24) is 9.97 Å². The number of hydrogen-bond acceptors (Lipinski definition) is 5. The van der Waals surface area contributed by atoms with Crippen LogP contribution in [0.3, 0.4) is 0 Å². The van der Waals surface area contributed by atoms with E-state index in [0.717, 1.165) is 5.52 Å². The molecule has 0 spiro atoms. The Morgan fingerprint density at radius 3 is 2.94 bits per heavy atom. The molecule has 1 aromatic heterocycles. The summed E-state index contributed by atoms with van der Waals surface area (Å²) in [7, 11) is 1.66. The van der Waals surface area contributed by atoms with E-state index in [0.29, 0.717) is 23.0 Å². The zero-order chi connectivity index (χ0) is 12.7. The van der Waals surface area contributed by atoms with Gasteiger partial charge in [-0.1, -0.05) is 0 Å². The highest BCUT2D eigenvalue weighted by Gasteiger charge is 2.17. The summed E-state index contributed by atoms with van der Waals surface area (Å²) >= 11 is 0. The maximum Gasteiger partial charge on any atom is 0.323 e. The molecule has 7 nitrogen and oxygen atoms in total. The second-order valence-electron chi connectivity index (χ2n) is 4.03. The van der Waals surface area contributed by atoms with Gasteiger partial charge in [-0.05, 0) is 0 Å². The molecule has 7 heteroatoms. The first kappa shape index (κ1) is 10.7. The number of rotatable bonds is 3. The van der Waals surface area contributed by atoms with Gasteiger partial charge in [0.25, 0.3) is 0 Å². The molecule has 0 fully saturated rings. The summed E-state index contributed by atoms with van der Waals surface area (Å²) in [6.07, 6.45) is 0. The molecular weight excluding hydrogens is 238 g/mol. The minimum atomic E-state index is -0.910. The SMILES string of the molecule is CN(CC(=O)O)c1nc2cc3c(cc2[nH]1)OCO3. The number of carboxylic acids is 1. The second-order valence-corrected chi connectivity index (χ2v) is 4.03. The van der Waals surface area contributed by atoms with Gasteiger partial charge in [-0.15, -0.1) is 0 Å². The van der Waals surface area contributed by atoms with Crippen LogP contribution in [0.15, 0.2) is 12.1 Å². The number of aliphatic carboxylic acids is 1. The summed E-state index contributed by atoms with van der Waals surface area (Å²) in [5.41, 5.74) is 1.50. The van der Waals surface area contributed by atoms with Crippen molar-refractivity contribution in [2.24, 2.45) is 0 Å². The average Bonchev–Trinajstić information content (AvgIpc) is 2.88. The van der Waals surface area contributed by atoms with Gasteiger partial charge < -0.3 is 24.5 Å². The maximum absolute atomic E-state index is 10.6. The van der Waals surface area contributed by atoms with Gasteiger partial charge in [-0.25, -0.2) is 4.98 Å². The predicted molar refractivity (Wildman–Crippen MR) is 63.1 cm³/mol. The molecule has 0 unspecified atom stereocenters. The molecule has 0 saturated carbocycles. The molecule has 2 N–H and O–H groups in total. The number of fused-ring (bicyclic) bond motifs is 2. The van der Waals surface area contributed by atoms with Crippen LogP contribution < -0.4 is 14.4 Å². The number of H-pyrrole nitrogens is 1. The van der Waals surface area contributed by atoms with Crippen molar-refractivity contribution in [3.8, 4) is 11.5 Å². The molecule has 18 heavy (non-hydrogen) atoms. The Labute approximate surface area is 102 Å². The minimum absolute atomic E-state index is 0.119. The zero-order valence-corrected chi connectivity index (χ0v) is 9.64. The molecule has 1 aromatic carbocycles. The minimum Gasteiger partial charge on any atom is -0.480 e. The second kappa shape index (κ2) is 3.80. The number of nitrogens with zero attached hydrogens (tertiary/aromatic N) is 2. The van der Waals surface area contributed by atoms with E-state index in [1.807, 2.05) is 0 Å². The van der Waals surface area contributed by atoms with E-state index in [-0.39, 0.29) is 13.3 Å². The third-order valence-electron chi connectivity index (χ3n) is 2.70. The van der Waals surface area contributed by atoms with Crippen molar-refractivity contribution in [2.75, 3.05) is 25.3 Å². The van der Waals surface area contributed by atoms with E-state index >= 15 is 0 Å². The highest BCUT2D eigenvalue weighted by atomic mass is 16.7. The number of anilines is 1. The van der Waals surface area contributed by atoms with Crippen LogP contribution in [0.25, 0.3) is 11.0 Å². The molecule has 0 radical (unpaired) electrons. The Morgan fingerprint density at radius 2 is 2.22 bits per heavy atom. The number of carbonyl (C=O) groups is 1. The highest BCUT2D eigenvalue weighted by molar-refractivity contribution is 5.82. The monoisotopic (exact) mass is 249 g/mol. The lowest BCUT2D eigenvalue weighted by Gasteiger charge is -2.11. The van der Waals surface area contributed by atoms with Gasteiger partial charge in [0.2, 0.25) is 12.7 Å². The molecule has 94 valence electrons. The fraction of sp³-hybridized carbons (Fsp3) is 0.273. The molecular formula is C11H11N3O4. The number of benzene rings is 1. The first-order valence-electron chi connectivity index (χ1n) is 5.36. The summed E-state index contributed by atoms with van der Waals surface area (Å²) in [5, 5.41) is 8.73. The van der Waals surface area contributed by atoms with Crippen molar-refractivity contribution in [1.29, 1.82) is 0 Å². The third-order valence-corrected chi connectivity index (χ3v) is 2.70. The lowest BCUT2D eigenvalue weighted by Crippen LogP contribution is -2.25. The van der Waals surface area contributed by atoms with Crippen LogP contribution in [-0.2, 0) is 4.79 Å². The summed E-state index contributed by atoms with van der Waals surface area (Å²) in [4.78, 5) is 19.5. The molecule has 2 aromatic rings. The van der Waals surface area contributed by atoms with Gasteiger partial charge >= 0.3 is 5.97 Å². The van der Waals surface area contributed by atoms with Gasteiger partial charge in [-0.3, -0.25) is 4.79 Å². The van der Waals surface area contributed by atoms with Crippen LogP contribution in [0.4, 0.5) is 5.95 Å². The van der Waals surface area contributed by atoms with E-state index in [1.165, 1.54) is 4.90 Å². The zero-order valence-electron chi connectivity index (χ0n) is 9.64. The largest absolute Gasteiger partial charge is 0.480 e. The van der Waals surface area contributed by atoms with Crippen molar-refractivity contribution in [2.45, 2.75) is 0 Å². The van der Waals surface area contributed by atoms with E-state index in [2.05, 4.69) is 9.97 Å². The standard InChI is InChI=1S/C11H11N3O4/c1-14(4-10(15)16)11-12-6-2-8-9(18-5-17-8)3-7(6)13-11/h2-3H,4-5H2,1H3,(H,12,13)(H,15,16). The first-order chi connectivity index (χ1) is 8.63. The fourth-order valence-electron chi connectivity index (χ4n) is 1.84. The number of hydrogen-bond donors (Lipinski definition) is 2. The van der Waals surface area contributed by atoms with Gasteiger partial charge in [0.1, 0.15) is 6.54 Å². The molecule has 2 heterocycles. The average molecular weight is 249 g/mol. The van der Waals surface area contributed by atoms with Crippen molar-refractivity contribution in [3.05, 3.63) is 12.1 Å². The molecule has 0 aliphatic carbocycles. The van der Waals surface area contributed by atoms with E-state index in [1.54, 1.807) is 19.2 Å². The number of aromatic nitrogens is 2. The topological polar surface area (TPSA) is 87.7 Å². The summed E-state index contributed by atoms with van der Waals surface area (Å²) in [6.45, 7) is 0.0975. The molecule has 1 aliphatic rings. The number of likely N-dealkylation sites (N-methyl/N-ethyl adjacent to an activating group) is 1. The number of nitrogens with one attached hydrogen (secondary N) is 1. The number of carboxylic acid groups (broad SMARTS) is 1. The number of imidazole rings is 1. The van der Waals surface area contributed by atoms with Crippen molar-refractivity contribution < 1.29 is 19.4 Å². The number of ether oxygens (including phenoxy) is 2. The number of aromatic amines is 1. The fourth-order valence-corrected chi connectivity index (χ4v) is 1.84. The lowest BCUT2D eigenvalue weighted by molar-refractivity contribution is -0.135. The first-order valence-corrected chi connectivity index (χ1v) is 5.36. The van der Waals surface area contributed by atoms with Crippen LogP contribution in [0.1, 0.15) is 0 Å². The van der Waals surface area contributed by atoms with Crippen LogP contribution in [0, 0.1) is 0 Å². The molecule has 0 atom stereocenters. The Balaban J connectivity index is 1.99. The molecule has 0 bridgehead atoms. The lowest BCUT2D eigenvalue weighted by atomic mass is 10.3. The van der Waals surface area contributed by atoms with Crippen LogP contribution in [0.2, 0.25) is 0 Å². The molecule has 0 saturated heterocycles. The van der Waals surface area contributed by atoms with Gasteiger partial charge in [0.05, 0.1) is 11.0 Å². The van der Waals surface area contributed by atoms with Gasteiger partial charge in [0, 0.05) is 19.2 Å². The van der Waals surface area contributed by atoms with E-state index < -0.39 is 5.97 Å². The molecule has 1 aliphatic heterocycles. The molecule has 0 amide bonds. The quantitative estimate of drug-likeness (QED) is 0.837. The third kappa shape index (κ3) is 1.69. The predicted octanol–water partition coefficient (Wildman–Crippen LogP) is 0.812. The van der Waals surface area contributed by atoms with Crippen LogP contribution in [0.5, 0.6) is 11.5 Å². The van der Waals surface area contributed by atoms with Gasteiger partial charge in [-0.2, -0.15) is 0 Å². The normalized spacial score (nSPS) is 12.9. The summed E-state index contributed by atoms with van der Waals surface area (Å²) < 4.78 is 10.5. The summed E-state index contributed by atoms with van der Waals surface area (Å²) in [6, 6.07) is 3.56. The van der Waals surface area contributed by atoms with Gasteiger partial charge in [0.15, 0.2) is 11.5 Å².